The number of benzene rings is 4. The number of ketones is 2. The number of nitrogens with two attached hydrogens (primary N) is 1. The number of carbonyl (C=O) groups excluding carboxylic acids is 3. The molecule has 0 heterocycles. The molecule has 0 amide bonds. The molecule has 3 N–H and O–H groups in total. The summed E-state index contributed by atoms with van der Waals surface area (Å²) >= 11 is 10.4. The van der Waals surface area contributed by atoms with E-state index < -0.39 is 143 Å². The molecule has 0 spiro atoms. The average Bonchev–Trinajstić information content (AvgIpc) is 4.20. The minimum atomic E-state index is -6.66. The summed E-state index contributed by atoms with van der Waals surface area (Å²) < 4.78 is 254. The second kappa shape index (κ2) is 26.4. The third-order valence-electron chi connectivity index (χ3n) is 10.7. The van der Waals surface area contributed by atoms with Crippen LogP contribution in [-0.4, -0.2) is 51.3 Å². The van der Waals surface area contributed by atoms with Crippen molar-refractivity contribution in [2.75, 3.05) is 17.6 Å². The monoisotopic (exact) mass is 1550 g/mol. The third kappa shape index (κ3) is 17.2. The Bertz CT molecular complexity index is 2610. The molecular formula is C44H33BBr2F19I3N2O3-. The van der Waals surface area contributed by atoms with Crippen molar-refractivity contribution >= 4 is 107 Å². The quantitative estimate of drug-likeness (QED) is 0.0368. The van der Waals surface area contributed by atoms with Gasteiger partial charge in [-0.05, 0) is 104 Å². The van der Waals surface area contributed by atoms with E-state index in [1.54, 1.807) is 0 Å². The first-order valence-corrected chi connectivity index (χ1v) is 34.3. The van der Waals surface area contributed by atoms with Crippen LogP contribution >= 0.6 is 69.1 Å². The molecular weight excluding hydrogens is 1520 g/mol. The van der Waals surface area contributed by atoms with E-state index in [9.17, 15) is 97.8 Å². The van der Waals surface area contributed by atoms with Crippen LogP contribution in [0.4, 0.5) is 94.8 Å². The van der Waals surface area contributed by atoms with Gasteiger partial charge in [0.25, 0.3) is 0 Å². The number of nitrogen functional groups attached to an aromatic ring is 1. The Kier molecular flexibility index (Phi) is 24.0. The molecule has 0 aromatic heterocycles. The van der Waals surface area contributed by atoms with Crippen LogP contribution in [0.25, 0.3) is 0 Å². The van der Waals surface area contributed by atoms with Gasteiger partial charge in [-0.25, -0.2) is 17.6 Å². The molecule has 0 aliphatic heterocycles. The molecule has 2 fully saturated rings. The standard InChI is InChI=1S/C22H18BrF8NO.C18H9BrF11NO.C4H6O.B.I3/c1-20(25,22(29,30)31)12-7-15(21(26,27)28)14(16(23)8-12)9-18(33)13-3-2-4-17(19(13)24)32-10-11-5-6-11;19-11-5-7(15(21,17(25,26)27)18(28,29)30)4-10(16(22,23)24)9(11)6-13(32)8-2-1-3-12(31)14(8)20;5-3-4-1-2-4;;1-3-2/h2-4,7-8,11,32H,5-6,9-10H2,1H3;1-5H,6,31H2;3-4H,1-2H2;;/q;;;;-1. The number of hydrogen-bond acceptors (Lipinski definition) is 5. The first kappa shape index (κ1) is 67.5. The number of halogens is 24. The van der Waals surface area contributed by atoms with E-state index in [0.29, 0.717) is 37.7 Å². The molecule has 74 heavy (non-hydrogen) atoms. The fourth-order valence-corrected chi connectivity index (χ4v) is 7.43. The molecule has 30 heteroatoms. The predicted octanol–water partition coefficient (Wildman–Crippen LogP) is 13.5. The summed E-state index contributed by atoms with van der Waals surface area (Å²) in [5.74, 6) is -3.69. The van der Waals surface area contributed by atoms with E-state index in [1.807, 2.05) is 0 Å². The van der Waals surface area contributed by atoms with Crippen LogP contribution < -0.4 is 24.3 Å². The van der Waals surface area contributed by atoms with Gasteiger partial charge in [0, 0.05) is 48.2 Å². The van der Waals surface area contributed by atoms with Gasteiger partial charge in [0.2, 0.25) is 5.67 Å². The van der Waals surface area contributed by atoms with Gasteiger partial charge in [-0.3, -0.25) is 9.59 Å². The van der Waals surface area contributed by atoms with Crippen molar-refractivity contribution in [3.05, 3.63) is 126 Å². The number of carbonyl (C=O) groups is 3. The second-order valence-corrected chi connectivity index (χ2v) is 34.0. The van der Waals surface area contributed by atoms with E-state index >= 15 is 0 Å². The number of rotatable bonds is 12. The molecule has 3 radical (unpaired) electrons. The van der Waals surface area contributed by atoms with Gasteiger partial charge in [-0.15, -0.1) is 0 Å². The van der Waals surface area contributed by atoms with Crippen LogP contribution in [0.15, 0.2) is 69.6 Å². The smallest absolute Gasteiger partial charge is 0.396 e. The molecule has 2 saturated carbocycles. The van der Waals surface area contributed by atoms with Crippen molar-refractivity contribution in [3.63, 3.8) is 0 Å². The van der Waals surface area contributed by atoms with Crippen LogP contribution in [0.2, 0.25) is 0 Å². The Balaban J connectivity index is 0.000000435. The molecule has 6 rings (SSSR count). The zero-order chi connectivity index (χ0) is 56.0. The molecule has 0 saturated heterocycles. The van der Waals surface area contributed by atoms with Gasteiger partial charge in [-0.1, -0.05) is 44.0 Å². The molecule has 1 unspecified atom stereocenters. The van der Waals surface area contributed by atoms with Crippen LogP contribution in [-0.2, 0) is 41.3 Å². The van der Waals surface area contributed by atoms with Crippen molar-refractivity contribution in [2.24, 2.45) is 11.8 Å². The SMILES string of the molecule is CC(F)(c1cc(Br)c(CC(=O)c2cccc(NCC3CC3)c2F)c(C(F)(F)F)c1)C(F)(F)F.I[I-]I.Nc1cccc(C(=O)Cc2c(Br)cc(C(F)(C(F)(F)F)C(F)(F)F)cc2C(F)(F)F)c1F.O=CC1CC1.[B]. The second-order valence-electron chi connectivity index (χ2n) is 16.0. The summed E-state index contributed by atoms with van der Waals surface area (Å²) in [5.41, 5.74) is -15.9. The minimum Gasteiger partial charge on any atom is -0.396 e. The van der Waals surface area contributed by atoms with Gasteiger partial charge in [0.05, 0.1) is 33.6 Å². The zero-order valence-corrected chi connectivity index (χ0v) is 46.6. The number of alkyl halides is 17. The molecule has 409 valence electrons. The largest absolute Gasteiger partial charge is 0.435 e. The van der Waals surface area contributed by atoms with Crippen molar-refractivity contribution in [3.8, 4) is 0 Å². The van der Waals surface area contributed by atoms with Gasteiger partial charge in [0.1, 0.15) is 6.29 Å². The molecule has 1 atom stereocenters. The van der Waals surface area contributed by atoms with Crippen molar-refractivity contribution < 1.29 is 111 Å². The van der Waals surface area contributed by atoms with Crippen molar-refractivity contribution in [2.45, 2.75) is 87.7 Å². The maximum absolute atomic E-state index is 14.8. The molecule has 4 aromatic rings. The average molecular weight is 1550 g/mol. The molecule has 2 aliphatic rings. The van der Waals surface area contributed by atoms with Crippen LogP contribution in [0, 0.1) is 23.5 Å². The summed E-state index contributed by atoms with van der Waals surface area (Å²) in [7, 11) is 0. The first-order chi connectivity index (χ1) is 33.3. The summed E-state index contributed by atoms with van der Waals surface area (Å²) in [6.07, 6.45) is -26.5. The van der Waals surface area contributed by atoms with Crippen LogP contribution in [0.1, 0.15) is 86.7 Å². The fraction of sp³-hybridized carbons (Fsp3) is 0.386. The minimum absolute atomic E-state index is 0. The fourth-order valence-electron chi connectivity index (χ4n) is 6.23. The summed E-state index contributed by atoms with van der Waals surface area (Å²) in [5, 5.41) is 2.85. The Hall–Kier alpha value is -2.63. The normalized spacial score (nSPS) is 14.9. The van der Waals surface area contributed by atoms with Crippen molar-refractivity contribution in [1.29, 1.82) is 0 Å². The van der Waals surface area contributed by atoms with E-state index in [0.717, 1.165) is 56.2 Å². The van der Waals surface area contributed by atoms with E-state index in [4.69, 9.17) is 5.73 Å². The molecule has 5 nitrogen and oxygen atoms in total. The maximum Gasteiger partial charge on any atom is 0.435 e. The van der Waals surface area contributed by atoms with Gasteiger partial charge >= 0.3 is 87.0 Å². The van der Waals surface area contributed by atoms with E-state index in [-0.39, 0.29) is 33.2 Å². The van der Waals surface area contributed by atoms with Gasteiger partial charge in [-0.2, -0.15) is 65.9 Å². The van der Waals surface area contributed by atoms with Gasteiger partial charge in [0.15, 0.2) is 23.2 Å². The van der Waals surface area contributed by atoms with Crippen molar-refractivity contribution in [1.82, 2.24) is 0 Å². The van der Waals surface area contributed by atoms with Crippen LogP contribution in [0.3, 0.4) is 0 Å². The molecule has 2 aliphatic carbocycles. The maximum atomic E-state index is 14.8. The third-order valence-corrected chi connectivity index (χ3v) is 12.1. The number of hydrogen-bond donors (Lipinski definition) is 2. The Labute approximate surface area is 456 Å². The summed E-state index contributed by atoms with van der Waals surface area (Å²) in [6.45, 7) is 0.594. The Morgan fingerprint density at radius 2 is 1.07 bits per heavy atom. The number of nitrogens with one attached hydrogen (secondary N) is 1. The van der Waals surface area contributed by atoms with E-state index in [1.165, 1.54) is 12.1 Å². The predicted molar refractivity (Wildman–Crippen MR) is 255 cm³/mol. The topological polar surface area (TPSA) is 89.3 Å². The van der Waals surface area contributed by atoms with Gasteiger partial charge < -0.3 is 15.8 Å². The molecule has 0 bridgehead atoms. The first-order valence-electron chi connectivity index (χ1n) is 20.1. The Morgan fingerprint density at radius 3 is 1.43 bits per heavy atom. The van der Waals surface area contributed by atoms with Crippen LogP contribution in [0.5, 0.6) is 0 Å². The Morgan fingerprint density at radius 1 is 0.662 bits per heavy atom. The molecule has 4 aromatic carbocycles. The summed E-state index contributed by atoms with van der Waals surface area (Å²) in [4.78, 5) is 34.6. The number of Topliss-reactive ketones (excluding diaryl/α,β-unsaturated/α-hetero) is 2. The number of anilines is 2. The van der Waals surface area contributed by atoms with E-state index in [2.05, 4.69) is 74.4 Å². The summed E-state index contributed by atoms with van der Waals surface area (Å²) in [6, 6.07) is 6.61. The number of aldehydes is 1. The zero-order valence-electron chi connectivity index (χ0n) is 36.9.